The van der Waals surface area contributed by atoms with Crippen LogP contribution in [0.4, 0.5) is 0 Å². The molecule has 0 saturated carbocycles. The molecule has 0 atom stereocenters. The molecule has 0 unspecified atom stereocenters. The number of rotatable bonds is 3. The molecule has 14 heavy (non-hydrogen) atoms. The van der Waals surface area contributed by atoms with Crippen molar-refractivity contribution < 1.29 is 4.79 Å². The molecule has 0 aromatic carbocycles. The molecule has 0 radical (unpaired) electrons. The first-order valence-corrected chi connectivity index (χ1v) is 5.37. The Balaban J connectivity index is 2.48. The first kappa shape index (κ1) is 11.5. The highest BCUT2D eigenvalue weighted by Gasteiger charge is 2.24. The van der Waals surface area contributed by atoms with Gasteiger partial charge in [0.1, 0.15) is 0 Å². The third-order valence-corrected chi connectivity index (χ3v) is 2.96. The van der Waals surface area contributed by atoms with Crippen LogP contribution in [0.1, 0.15) is 19.8 Å². The van der Waals surface area contributed by atoms with Crippen LogP contribution in [0.5, 0.6) is 0 Å². The standard InChI is InChI=1S/C10H21N3O/c1-3-13(10(14)8-11)9-4-6-12(2)7-5-9/h9H,3-8,11H2,1-2H3. The smallest absolute Gasteiger partial charge is 0.236 e. The highest BCUT2D eigenvalue weighted by Crippen LogP contribution is 2.15. The average Bonchev–Trinajstić information content (AvgIpc) is 2.21. The molecular weight excluding hydrogens is 178 g/mol. The minimum absolute atomic E-state index is 0.0852. The molecule has 1 aliphatic rings. The number of amides is 1. The molecule has 1 aliphatic heterocycles. The van der Waals surface area contributed by atoms with Gasteiger partial charge in [0.25, 0.3) is 0 Å². The first-order chi connectivity index (χ1) is 6.69. The van der Waals surface area contributed by atoms with Crippen molar-refractivity contribution in [2.45, 2.75) is 25.8 Å². The normalized spacial score (nSPS) is 19.6. The summed E-state index contributed by atoms with van der Waals surface area (Å²) in [6, 6.07) is 0.409. The Morgan fingerprint density at radius 1 is 1.50 bits per heavy atom. The van der Waals surface area contributed by atoms with Crippen LogP contribution in [0.3, 0.4) is 0 Å². The summed E-state index contributed by atoms with van der Waals surface area (Å²) in [5, 5.41) is 0. The zero-order valence-corrected chi connectivity index (χ0v) is 9.20. The summed E-state index contributed by atoms with van der Waals surface area (Å²) < 4.78 is 0. The fourth-order valence-electron chi connectivity index (χ4n) is 2.06. The molecule has 1 rings (SSSR count). The molecule has 0 aromatic heterocycles. The third kappa shape index (κ3) is 2.69. The van der Waals surface area contributed by atoms with Crippen LogP contribution in [0.2, 0.25) is 0 Å². The number of carbonyl (C=O) groups excluding carboxylic acids is 1. The number of nitrogens with zero attached hydrogens (tertiary/aromatic N) is 2. The van der Waals surface area contributed by atoms with Gasteiger partial charge in [-0.15, -0.1) is 0 Å². The number of likely N-dealkylation sites (N-methyl/N-ethyl adjacent to an activating group) is 1. The maximum atomic E-state index is 11.5. The maximum absolute atomic E-state index is 11.5. The van der Waals surface area contributed by atoms with Gasteiger partial charge in [-0.05, 0) is 39.9 Å². The van der Waals surface area contributed by atoms with Crippen molar-refractivity contribution in [2.24, 2.45) is 5.73 Å². The lowest BCUT2D eigenvalue weighted by Crippen LogP contribution is -2.48. The molecule has 1 amide bonds. The first-order valence-electron chi connectivity index (χ1n) is 5.37. The van der Waals surface area contributed by atoms with Gasteiger partial charge < -0.3 is 15.5 Å². The van der Waals surface area contributed by atoms with Crippen molar-refractivity contribution in [3.05, 3.63) is 0 Å². The van der Waals surface area contributed by atoms with E-state index in [1.807, 2.05) is 11.8 Å². The minimum Gasteiger partial charge on any atom is -0.339 e. The Morgan fingerprint density at radius 3 is 2.50 bits per heavy atom. The summed E-state index contributed by atoms with van der Waals surface area (Å²) in [5.41, 5.74) is 5.38. The SMILES string of the molecule is CCN(C(=O)CN)C1CCN(C)CC1. The predicted molar refractivity (Wildman–Crippen MR) is 57.0 cm³/mol. The summed E-state index contributed by atoms with van der Waals surface area (Å²) in [6.45, 7) is 5.11. The molecule has 1 saturated heterocycles. The number of hydrogen-bond acceptors (Lipinski definition) is 3. The van der Waals surface area contributed by atoms with E-state index in [0.717, 1.165) is 32.5 Å². The summed E-state index contributed by atoms with van der Waals surface area (Å²) in [4.78, 5) is 15.7. The van der Waals surface area contributed by atoms with E-state index in [0.29, 0.717) is 6.04 Å². The molecule has 0 spiro atoms. The molecule has 4 heteroatoms. The second-order valence-corrected chi connectivity index (χ2v) is 3.92. The molecule has 4 nitrogen and oxygen atoms in total. The van der Waals surface area contributed by atoms with E-state index in [2.05, 4.69) is 11.9 Å². The van der Waals surface area contributed by atoms with Gasteiger partial charge in [-0.3, -0.25) is 4.79 Å². The summed E-state index contributed by atoms with van der Waals surface area (Å²) in [5.74, 6) is 0.0852. The van der Waals surface area contributed by atoms with Crippen LogP contribution >= 0.6 is 0 Å². The van der Waals surface area contributed by atoms with Gasteiger partial charge in [0.15, 0.2) is 0 Å². The van der Waals surface area contributed by atoms with E-state index in [1.54, 1.807) is 0 Å². The Morgan fingerprint density at radius 2 is 2.07 bits per heavy atom. The lowest BCUT2D eigenvalue weighted by molar-refractivity contribution is -0.132. The van der Waals surface area contributed by atoms with Crippen molar-refractivity contribution in [1.82, 2.24) is 9.80 Å². The van der Waals surface area contributed by atoms with Gasteiger partial charge in [-0.1, -0.05) is 0 Å². The van der Waals surface area contributed by atoms with Crippen LogP contribution in [-0.2, 0) is 4.79 Å². The Bertz CT molecular complexity index is 188. The van der Waals surface area contributed by atoms with Gasteiger partial charge in [0.2, 0.25) is 5.91 Å². The Hall–Kier alpha value is -0.610. The van der Waals surface area contributed by atoms with E-state index in [4.69, 9.17) is 5.73 Å². The summed E-state index contributed by atoms with van der Waals surface area (Å²) >= 11 is 0. The van der Waals surface area contributed by atoms with Crippen LogP contribution in [0.15, 0.2) is 0 Å². The highest BCUT2D eigenvalue weighted by molar-refractivity contribution is 5.78. The largest absolute Gasteiger partial charge is 0.339 e. The van der Waals surface area contributed by atoms with Crippen LogP contribution in [0.25, 0.3) is 0 Å². The van der Waals surface area contributed by atoms with Crippen molar-refractivity contribution in [3.8, 4) is 0 Å². The van der Waals surface area contributed by atoms with Gasteiger partial charge in [-0.2, -0.15) is 0 Å². The number of nitrogens with two attached hydrogens (primary N) is 1. The second kappa shape index (κ2) is 5.32. The predicted octanol–water partition coefficient (Wildman–Crippen LogP) is -0.112. The topological polar surface area (TPSA) is 49.6 Å². The Kier molecular flexibility index (Phi) is 4.35. The fourth-order valence-corrected chi connectivity index (χ4v) is 2.06. The van der Waals surface area contributed by atoms with Crippen LogP contribution in [-0.4, -0.2) is 55.0 Å². The zero-order chi connectivity index (χ0) is 10.6. The fraction of sp³-hybridized carbons (Fsp3) is 0.900. The van der Waals surface area contributed by atoms with Crippen LogP contribution < -0.4 is 5.73 Å². The van der Waals surface area contributed by atoms with Crippen molar-refractivity contribution in [2.75, 3.05) is 33.2 Å². The number of carbonyl (C=O) groups is 1. The Labute approximate surface area is 86.0 Å². The van der Waals surface area contributed by atoms with E-state index >= 15 is 0 Å². The molecule has 1 heterocycles. The summed E-state index contributed by atoms with van der Waals surface area (Å²) in [6.07, 6.45) is 2.16. The van der Waals surface area contributed by atoms with Gasteiger partial charge in [0, 0.05) is 12.6 Å². The van der Waals surface area contributed by atoms with Gasteiger partial charge >= 0.3 is 0 Å². The van der Waals surface area contributed by atoms with Crippen molar-refractivity contribution in [3.63, 3.8) is 0 Å². The van der Waals surface area contributed by atoms with Gasteiger partial charge in [0.05, 0.1) is 6.54 Å². The zero-order valence-electron chi connectivity index (χ0n) is 9.20. The quantitative estimate of drug-likeness (QED) is 0.690. The molecule has 0 aliphatic carbocycles. The lowest BCUT2D eigenvalue weighted by Gasteiger charge is -2.36. The van der Waals surface area contributed by atoms with E-state index < -0.39 is 0 Å². The molecule has 0 aromatic rings. The lowest BCUT2D eigenvalue weighted by atomic mass is 10.0. The van der Waals surface area contributed by atoms with E-state index in [-0.39, 0.29) is 12.5 Å². The maximum Gasteiger partial charge on any atom is 0.236 e. The average molecular weight is 199 g/mol. The van der Waals surface area contributed by atoms with Crippen molar-refractivity contribution >= 4 is 5.91 Å². The molecule has 0 bridgehead atoms. The molecule has 2 N–H and O–H groups in total. The molecule has 1 fully saturated rings. The molecular formula is C10H21N3O. The minimum atomic E-state index is 0.0852. The summed E-state index contributed by atoms with van der Waals surface area (Å²) in [7, 11) is 2.12. The monoisotopic (exact) mass is 199 g/mol. The third-order valence-electron chi connectivity index (χ3n) is 2.96. The number of likely N-dealkylation sites (tertiary alicyclic amines) is 1. The van der Waals surface area contributed by atoms with E-state index in [1.165, 1.54) is 0 Å². The van der Waals surface area contributed by atoms with Gasteiger partial charge in [-0.25, -0.2) is 0 Å². The second-order valence-electron chi connectivity index (χ2n) is 3.92. The van der Waals surface area contributed by atoms with Crippen molar-refractivity contribution in [1.29, 1.82) is 0 Å². The highest BCUT2D eigenvalue weighted by atomic mass is 16.2. The van der Waals surface area contributed by atoms with Crippen LogP contribution in [0, 0.1) is 0 Å². The molecule has 82 valence electrons. The number of piperidine rings is 1. The number of hydrogen-bond donors (Lipinski definition) is 1. The van der Waals surface area contributed by atoms with E-state index in [9.17, 15) is 4.79 Å².